The molecular weight excluding hydrogens is 406 g/mol. The van der Waals surface area contributed by atoms with E-state index in [1.54, 1.807) is 29.7 Å². The van der Waals surface area contributed by atoms with Crippen LogP contribution >= 0.6 is 22.7 Å². The standard InChI is InChI=1S/C21H25N3O3S2/c1-4-14(5-2)19(17-7-6-10-28-17)23-18(25)11-15-12-29-21(22-15)24-20(26)16-8-9-27-13(16)3/h6-10,12,14,19H,4-5,11H2,1-3H3,(H,23,25)(H,22,24,26). The molecular formula is C21H25N3O3S2. The molecule has 0 aromatic carbocycles. The van der Waals surface area contributed by atoms with Crippen LogP contribution in [0.25, 0.3) is 0 Å². The molecule has 3 aromatic heterocycles. The van der Waals surface area contributed by atoms with Gasteiger partial charge in [0.25, 0.3) is 5.91 Å². The maximum atomic E-state index is 12.7. The Balaban J connectivity index is 1.62. The van der Waals surface area contributed by atoms with E-state index in [-0.39, 0.29) is 24.3 Å². The average molecular weight is 432 g/mol. The fourth-order valence-electron chi connectivity index (χ4n) is 3.27. The molecule has 0 aliphatic carbocycles. The van der Waals surface area contributed by atoms with Crippen LogP contribution in [0.5, 0.6) is 0 Å². The molecule has 1 unspecified atom stereocenters. The lowest BCUT2D eigenvalue weighted by Gasteiger charge is -2.25. The first-order valence-electron chi connectivity index (χ1n) is 9.64. The van der Waals surface area contributed by atoms with Gasteiger partial charge in [-0.05, 0) is 30.4 Å². The summed E-state index contributed by atoms with van der Waals surface area (Å²) in [6.07, 6.45) is 3.66. The Bertz CT molecular complexity index is 942. The summed E-state index contributed by atoms with van der Waals surface area (Å²) in [6.45, 7) is 6.03. The molecule has 2 N–H and O–H groups in total. The molecule has 6 nitrogen and oxygen atoms in total. The highest BCUT2D eigenvalue weighted by molar-refractivity contribution is 7.14. The van der Waals surface area contributed by atoms with Crippen molar-refractivity contribution in [3.63, 3.8) is 0 Å². The van der Waals surface area contributed by atoms with Gasteiger partial charge in [-0.15, -0.1) is 22.7 Å². The number of amides is 2. The van der Waals surface area contributed by atoms with Gasteiger partial charge in [-0.1, -0.05) is 32.8 Å². The quantitative estimate of drug-likeness (QED) is 0.488. The third kappa shape index (κ3) is 5.33. The monoisotopic (exact) mass is 431 g/mol. The SMILES string of the molecule is CCC(CC)C(NC(=O)Cc1csc(NC(=O)c2ccoc2C)n1)c1cccs1. The van der Waals surface area contributed by atoms with Gasteiger partial charge in [-0.25, -0.2) is 4.98 Å². The van der Waals surface area contributed by atoms with Crippen molar-refractivity contribution in [3.8, 4) is 0 Å². The zero-order chi connectivity index (χ0) is 20.8. The number of thiazole rings is 1. The Labute approximate surface area is 178 Å². The van der Waals surface area contributed by atoms with E-state index >= 15 is 0 Å². The molecule has 2 amide bonds. The summed E-state index contributed by atoms with van der Waals surface area (Å²) >= 11 is 2.97. The van der Waals surface area contributed by atoms with Gasteiger partial charge in [0.15, 0.2) is 5.13 Å². The number of aromatic nitrogens is 1. The molecule has 8 heteroatoms. The molecule has 0 saturated heterocycles. The fraction of sp³-hybridized carbons (Fsp3) is 0.381. The predicted octanol–water partition coefficient (Wildman–Crippen LogP) is 5.19. The summed E-state index contributed by atoms with van der Waals surface area (Å²) < 4.78 is 5.16. The van der Waals surface area contributed by atoms with E-state index in [2.05, 4.69) is 35.5 Å². The molecule has 1 atom stereocenters. The number of thiophene rings is 1. The summed E-state index contributed by atoms with van der Waals surface area (Å²) in [5.74, 6) is 0.609. The lowest BCUT2D eigenvalue weighted by atomic mass is 9.93. The summed E-state index contributed by atoms with van der Waals surface area (Å²) in [5, 5.41) is 10.2. The number of rotatable bonds is 9. The van der Waals surface area contributed by atoms with E-state index in [1.807, 2.05) is 11.4 Å². The second kappa shape index (κ2) is 9.84. The van der Waals surface area contributed by atoms with Crippen LogP contribution in [0.1, 0.15) is 59.4 Å². The number of anilines is 1. The largest absolute Gasteiger partial charge is 0.469 e. The van der Waals surface area contributed by atoms with E-state index in [0.29, 0.717) is 28.1 Å². The van der Waals surface area contributed by atoms with Crippen LogP contribution in [0.4, 0.5) is 5.13 Å². The van der Waals surface area contributed by atoms with Crippen molar-refractivity contribution in [2.24, 2.45) is 5.92 Å². The van der Waals surface area contributed by atoms with Crippen LogP contribution in [0, 0.1) is 12.8 Å². The third-order valence-electron chi connectivity index (χ3n) is 4.90. The van der Waals surface area contributed by atoms with Crippen LogP contribution in [0.15, 0.2) is 39.6 Å². The number of hydrogen-bond acceptors (Lipinski definition) is 6. The van der Waals surface area contributed by atoms with E-state index in [0.717, 1.165) is 12.8 Å². The van der Waals surface area contributed by atoms with Crippen molar-refractivity contribution >= 4 is 39.6 Å². The molecule has 0 fully saturated rings. The number of carbonyl (C=O) groups is 2. The Morgan fingerprint density at radius 3 is 2.62 bits per heavy atom. The van der Waals surface area contributed by atoms with Gasteiger partial charge in [0, 0.05) is 10.3 Å². The highest BCUT2D eigenvalue weighted by atomic mass is 32.1. The predicted molar refractivity (Wildman–Crippen MR) is 116 cm³/mol. The smallest absolute Gasteiger partial charge is 0.260 e. The van der Waals surface area contributed by atoms with Crippen LogP contribution in [-0.2, 0) is 11.2 Å². The molecule has 3 heterocycles. The topological polar surface area (TPSA) is 84.2 Å². The average Bonchev–Trinajstić information content (AvgIpc) is 3.44. The molecule has 29 heavy (non-hydrogen) atoms. The first-order valence-corrected chi connectivity index (χ1v) is 11.4. The van der Waals surface area contributed by atoms with Crippen molar-refractivity contribution in [1.29, 1.82) is 0 Å². The minimum absolute atomic E-state index is 0.0133. The number of hydrogen-bond donors (Lipinski definition) is 2. The first kappa shape index (κ1) is 21.3. The van der Waals surface area contributed by atoms with Gasteiger partial charge < -0.3 is 9.73 Å². The maximum Gasteiger partial charge on any atom is 0.260 e. The molecule has 154 valence electrons. The summed E-state index contributed by atoms with van der Waals surface area (Å²) in [7, 11) is 0. The molecule has 0 bridgehead atoms. The minimum atomic E-state index is -0.270. The van der Waals surface area contributed by atoms with Crippen molar-refractivity contribution < 1.29 is 14.0 Å². The van der Waals surface area contributed by atoms with Gasteiger partial charge in [0.2, 0.25) is 5.91 Å². The number of carbonyl (C=O) groups excluding carboxylic acids is 2. The van der Waals surface area contributed by atoms with Gasteiger partial charge in [0.1, 0.15) is 5.76 Å². The number of aryl methyl sites for hydroxylation is 1. The van der Waals surface area contributed by atoms with E-state index in [1.165, 1.54) is 22.5 Å². The van der Waals surface area contributed by atoms with E-state index < -0.39 is 0 Å². The Kier molecular flexibility index (Phi) is 7.22. The van der Waals surface area contributed by atoms with Gasteiger partial charge in [0.05, 0.1) is 30.0 Å². The maximum absolute atomic E-state index is 12.7. The zero-order valence-electron chi connectivity index (χ0n) is 16.7. The molecule has 3 rings (SSSR count). The number of nitrogens with one attached hydrogen (secondary N) is 2. The minimum Gasteiger partial charge on any atom is -0.469 e. The van der Waals surface area contributed by atoms with Crippen LogP contribution < -0.4 is 10.6 Å². The first-order chi connectivity index (χ1) is 14.0. The molecule has 3 aromatic rings. The summed E-state index contributed by atoms with van der Waals surface area (Å²) in [6, 6.07) is 5.72. The van der Waals surface area contributed by atoms with Crippen molar-refractivity contribution in [2.45, 2.75) is 46.1 Å². The number of nitrogens with zero attached hydrogens (tertiary/aromatic N) is 1. The molecule has 0 saturated carbocycles. The molecule has 0 radical (unpaired) electrons. The van der Waals surface area contributed by atoms with Crippen molar-refractivity contribution in [3.05, 3.63) is 57.1 Å². The van der Waals surface area contributed by atoms with Crippen molar-refractivity contribution in [2.75, 3.05) is 5.32 Å². The normalized spacial score (nSPS) is 12.1. The summed E-state index contributed by atoms with van der Waals surface area (Å²) in [5.41, 5.74) is 1.12. The highest BCUT2D eigenvalue weighted by Crippen LogP contribution is 2.30. The molecule has 0 aliphatic heterocycles. The van der Waals surface area contributed by atoms with E-state index in [4.69, 9.17) is 4.42 Å². The van der Waals surface area contributed by atoms with Crippen LogP contribution in [0.3, 0.4) is 0 Å². The van der Waals surface area contributed by atoms with E-state index in [9.17, 15) is 9.59 Å². The zero-order valence-corrected chi connectivity index (χ0v) is 18.4. The second-order valence-corrected chi connectivity index (χ2v) is 8.64. The second-order valence-electron chi connectivity index (χ2n) is 6.80. The lowest BCUT2D eigenvalue weighted by Crippen LogP contribution is -2.33. The Hall–Kier alpha value is -2.45. The summed E-state index contributed by atoms with van der Waals surface area (Å²) in [4.78, 5) is 30.5. The van der Waals surface area contributed by atoms with Crippen LogP contribution in [0.2, 0.25) is 0 Å². The van der Waals surface area contributed by atoms with Gasteiger partial charge in [-0.3, -0.25) is 14.9 Å². The Morgan fingerprint density at radius 2 is 2.00 bits per heavy atom. The Morgan fingerprint density at radius 1 is 1.21 bits per heavy atom. The number of furan rings is 1. The van der Waals surface area contributed by atoms with Gasteiger partial charge >= 0.3 is 0 Å². The van der Waals surface area contributed by atoms with Gasteiger partial charge in [-0.2, -0.15) is 0 Å². The molecule has 0 aliphatic rings. The highest BCUT2D eigenvalue weighted by Gasteiger charge is 2.24. The fourth-order valence-corrected chi connectivity index (χ4v) is 4.84. The molecule has 0 spiro atoms. The third-order valence-corrected chi connectivity index (χ3v) is 6.67. The lowest BCUT2D eigenvalue weighted by molar-refractivity contribution is -0.121. The van der Waals surface area contributed by atoms with Crippen LogP contribution in [-0.4, -0.2) is 16.8 Å². The van der Waals surface area contributed by atoms with Crippen molar-refractivity contribution in [1.82, 2.24) is 10.3 Å².